The lowest BCUT2D eigenvalue weighted by Crippen LogP contribution is -2.26. The molecule has 0 N–H and O–H groups in total. The molecule has 0 saturated heterocycles. The average molecular weight is 174 g/mol. The third kappa shape index (κ3) is 1.32. The van der Waals surface area contributed by atoms with E-state index in [4.69, 9.17) is 0 Å². The van der Waals surface area contributed by atoms with Crippen LogP contribution < -0.4 is 0 Å². The van der Waals surface area contributed by atoms with Gasteiger partial charge in [-0.05, 0) is 0 Å². The second-order valence-electron chi connectivity index (χ2n) is 2.14. The highest BCUT2D eigenvalue weighted by Gasteiger charge is 2.75. The van der Waals surface area contributed by atoms with Crippen LogP contribution in [0.4, 0.5) is 17.6 Å². The molecule has 0 spiro atoms. The highest BCUT2D eigenvalue weighted by atomic mass is 19.3. The predicted octanol–water partition coefficient (Wildman–Crippen LogP) is 1.61. The van der Waals surface area contributed by atoms with Gasteiger partial charge >= 0.3 is 5.92 Å². The third-order valence-electron chi connectivity index (χ3n) is 1.46. The summed E-state index contributed by atoms with van der Waals surface area (Å²) in [6.45, 7) is -2.81. The van der Waals surface area contributed by atoms with Crippen LogP contribution in [0.15, 0.2) is 0 Å². The van der Waals surface area contributed by atoms with Crippen LogP contribution in [0.2, 0.25) is 0 Å². The predicted molar refractivity (Wildman–Crippen MR) is 26.4 cm³/mol. The molecule has 2 nitrogen and oxygen atoms in total. The largest absolute Gasteiger partial charge is 0.313 e. The minimum atomic E-state index is -3.26. The Morgan fingerprint density at radius 1 is 1.09 bits per heavy atom. The van der Waals surface area contributed by atoms with Crippen molar-refractivity contribution in [1.82, 2.24) is 0 Å². The normalized spacial score (nSPS) is 25.1. The first-order valence-electron chi connectivity index (χ1n) is 2.86. The van der Waals surface area contributed by atoms with Crippen LogP contribution in [0.25, 0.3) is 0 Å². The molecule has 0 aliphatic heterocycles. The van der Waals surface area contributed by atoms with E-state index in [1.807, 2.05) is 0 Å². The van der Waals surface area contributed by atoms with Gasteiger partial charge in [-0.25, -0.2) is 17.6 Å². The molecule has 0 aromatic rings. The zero-order chi connectivity index (χ0) is 8.54. The lowest BCUT2D eigenvalue weighted by molar-refractivity contribution is -0.244. The summed E-state index contributed by atoms with van der Waals surface area (Å²) in [6, 6.07) is 0. The lowest BCUT2D eigenvalue weighted by atomic mass is 10.7. The summed E-state index contributed by atoms with van der Waals surface area (Å²) in [5.41, 5.74) is 0. The number of ether oxygens (including phenoxy) is 2. The second kappa shape index (κ2) is 2.60. The zero-order valence-corrected chi connectivity index (χ0v) is 5.45. The molecular weight excluding hydrogens is 168 g/mol. The molecule has 1 rings (SSSR count). The molecule has 0 unspecified atom stereocenters. The van der Waals surface area contributed by atoms with E-state index in [-0.39, 0.29) is 0 Å². The van der Waals surface area contributed by atoms with Gasteiger partial charge in [-0.15, -0.1) is 0 Å². The van der Waals surface area contributed by atoms with Gasteiger partial charge in [0.1, 0.15) is 0 Å². The summed E-state index contributed by atoms with van der Waals surface area (Å²) in [5, 5.41) is 0. The van der Waals surface area contributed by atoms with E-state index in [1.54, 1.807) is 0 Å². The topological polar surface area (TPSA) is 18.5 Å². The van der Waals surface area contributed by atoms with Gasteiger partial charge in [-0.2, -0.15) is 0 Å². The van der Waals surface area contributed by atoms with E-state index in [0.29, 0.717) is 0 Å². The Labute approximate surface area is 60.1 Å². The fraction of sp³-hybridized carbons (Fsp3) is 1.00. The van der Waals surface area contributed by atoms with Gasteiger partial charge in [0.05, 0.1) is 6.42 Å². The summed E-state index contributed by atoms with van der Waals surface area (Å²) in [5.74, 6) is -5.60. The van der Waals surface area contributed by atoms with Crippen LogP contribution in [0.5, 0.6) is 0 Å². The van der Waals surface area contributed by atoms with Crippen molar-refractivity contribution < 1.29 is 27.0 Å². The maximum Gasteiger partial charge on any atom is 0.306 e. The molecule has 66 valence electrons. The Kier molecular flexibility index (Phi) is 2.06. The third-order valence-corrected chi connectivity index (χ3v) is 1.46. The van der Waals surface area contributed by atoms with E-state index in [0.717, 1.165) is 0 Å². The van der Waals surface area contributed by atoms with Crippen molar-refractivity contribution in [2.24, 2.45) is 0 Å². The van der Waals surface area contributed by atoms with E-state index < -0.39 is 31.9 Å². The van der Waals surface area contributed by atoms with E-state index in [2.05, 4.69) is 9.47 Å². The molecule has 0 radical (unpaired) electrons. The van der Waals surface area contributed by atoms with E-state index in [1.165, 1.54) is 0 Å². The van der Waals surface area contributed by atoms with Crippen molar-refractivity contribution in [3.8, 4) is 0 Å². The standard InChI is InChI=1S/C5H6F4O2/c6-2-10-5(11-3-7)1-4(5,8)9/h1-3H2. The first kappa shape index (κ1) is 8.73. The Balaban J connectivity index is 2.48. The van der Waals surface area contributed by atoms with E-state index >= 15 is 0 Å². The smallest absolute Gasteiger partial charge is 0.306 e. The van der Waals surface area contributed by atoms with Gasteiger partial charge in [-0.1, -0.05) is 0 Å². The zero-order valence-electron chi connectivity index (χ0n) is 5.45. The fourth-order valence-corrected chi connectivity index (χ4v) is 0.779. The lowest BCUT2D eigenvalue weighted by Gasteiger charge is -2.12. The molecule has 11 heavy (non-hydrogen) atoms. The first-order valence-corrected chi connectivity index (χ1v) is 2.86. The Hall–Kier alpha value is -0.360. The quantitative estimate of drug-likeness (QED) is 0.476. The van der Waals surface area contributed by atoms with Gasteiger partial charge in [0.15, 0.2) is 13.7 Å². The molecule has 0 aromatic carbocycles. The molecule has 1 aliphatic rings. The molecule has 0 bridgehead atoms. The van der Waals surface area contributed by atoms with Gasteiger partial charge in [-0.3, -0.25) is 0 Å². The Bertz CT molecular complexity index is 143. The molecule has 0 heterocycles. The van der Waals surface area contributed by atoms with Crippen molar-refractivity contribution in [1.29, 1.82) is 0 Å². The maximum absolute atomic E-state index is 12.2. The number of alkyl halides is 4. The van der Waals surface area contributed by atoms with Crippen LogP contribution in [-0.2, 0) is 9.47 Å². The average Bonchev–Trinajstić information content (AvgIpc) is 2.35. The van der Waals surface area contributed by atoms with Gasteiger partial charge < -0.3 is 9.47 Å². The van der Waals surface area contributed by atoms with E-state index in [9.17, 15) is 17.6 Å². The summed E-state index contributed by atoms with van der Waals surface area (Å²) in [4.78, 5) is 0. The summed E-state index contributed by atoms with van der Waals surface area (Å²) < 4.78 is 55.2. The summed E-state index contributed by atoms with van der Waals surface area (Å²) in [6.07, 6.45) is -0.784. The summed E-state index contributed by atoms with van der Waals surface area (Å²) in [7, 11) is 0. The van der Waals surface area contributed by atoms with Crippen LogP contribution in [0.1, 0.15) is 6.42 Å². The molecular formula is C5H6F4O2. The number of rotatable bonds is 4. The molecule has 1 saturated carbocycles. The SMILES string of the molecule is FCOC1(OCF)CC1(F)F. The monoisotopic (exact) mass is 174 g/mol. The Morgan fingerprint density at radius 2 is 1.45 bits per heavy atom. The first-order chi connectivity index (χ1) is 5.08. The van der Waals surface area contributed by atoms with Crippen LogP contribution in [0, 0.1) is 0 Å². The molecule has 0 amide bonds. The second-order valence-corrected chi connectivity index (χ2v) is 2.14. The molecule has 6 heteroatoms. The van der Waals surface area contributed by atoms with Crippen LogP contribution in [-0.4, -0.2) is 25.4 Å². The number of hydrogen-bond acceptors (Lipinski definition) is 2. The Morgan fingerprint density at radius 3 is 1.64 bits per heavy atom. The highest BCUT2D eigenvalue weighted by Crippen LogP contribution is 2.56. The maximum atomic E-state index is 12.2. The van der Waals surface area contributed by atoms with Gasteiger partial charge in [0, 0.05) is 0 Å². The molecule has 0 aromatic heterocycles. The molecule has 1 fully saturated rings. The number of hydrogen-bond donors (Lipinski definition) is 0. The van der Waals surface area contributed by atoms with Crippen molar-refractivity contribution >= 4 is 0 Å². The van der Waals surface area contributed by atoms with Crippen LogP contribution >= 0.6 is 0 Å². The van der Waals surface area contributed by atoms with Crippen LogP contribution in [0.3, 0.4) is 0 Å². The van der Waals surface area contributed by atoms with Crippen molar-refractivity contribution in [3.63, 3.8) is 0 Å². The highest BCUT2D eigenvalue weighted by molar-refractivity contribution is 5.06. The van der Waals surface area contributed by atoms with Gasteiger partial charge in [0.25, 0.3) is 0 Å². The number of halogens is 4. The minimum absolute atomic E-state index is 0.784. The van der Waals surface area contributed by atoms with Crippen molar-refractivity contribution in [2.45, 2.75) is 18.1 Å². The molecule has 1 aliphatic carbocycles. The van der Waals surface area contributed by atoms with Crippen molar-refractivity contribution in [3.05, 3.63) is 0 Å². The van der Waals surface area contributed by atoms with Crippen molar-refractivity contribution in [2.75, 3.05) is 13.7 Å². The minimum Gasteiger partial charge on any atom is -0.313 e. The fourth-order valence-electron chi connectivity index (χ4n) is 0.779. The molecule has 0 atom stereocenters. The van der Waals surface area contributed by atoms with Gasteiger partial charge in [0.2, 0.25) is 5.79 Å². The summed E-state index contributed by atoms with van der Waals surface area (Å²) >= 11 is 0.